The Kier molecular flexibility index (Phi) is 4.65. The van der Waals surface area contributed by atoms with Gasteiger partial charge in [-0.2, -0.15) is 0 Å². The summed E-state index contributed by atoms with van der Waals surface area (Å²) in [5.41, 5.74) is 3.40. The van der Waals surface area contributed by atoms with Crippen LogP contribution in [0.1, 0.15) is 26.5 Å². The second-order valence-corrected chi connectivity index (χ2v) is 7.08. The fourth-order valence-electron chi connectivity index (χ4n) is 2.57. The summed E-state index contributed by atoms with van der Waals surface area (Å²) in [5, 5.41) is 3.85. The number of anilines is 1. The highest BCUT2D eigenvalue weighted by Gasteiger charge is 2.12. The lowest BCUT2D eigenvalue weighted by atomic mass is 10.2. The fraction of sp³-hybridized carbons (Fsp3) is 0.0455. The van der Waals surface area contributed by atoms with E-state index < -0.39 is 0 Å². The van der Waals surface area contributed by atoms with Crippen molar-refractivity contribution in [2.45, 2.75) is 6.92 Å². The standard InChI is InChI=1S/C22H15N3OS/c1-15-5-8-18(9-6-15)25-22(26)20-12-19-16(13-23-14-21(19)27-20)7-10-17-4-2-3-11-24-17/h2-6,8-9,11-14H,1H3,(H,25,26). The van der Waals surface area contributed by atoms with Crippen molar-refractivity contribution in [2.24, 2.45) is 0 Å². The van der Waals surface area contributed by atoms with E-state index in [4.69, 9.17) is 0 Å². The number of hydrogen-bond donors (Lipinski definition) is 1. The number of fused-ring (bicyclic) bond motifs is 1. The highest BCUT2D eigenvalue weighted by atomic mass is 32.1. The van der Waals surface area contributed by atoms with Crippen LogP contribution in [0.15, 0.2) is 67.1 Å². The summed E-state index contributed by atoms with van der Waals surface area (Å²) >= 11 is 1.41. The van der Waals surface area contributed by atoms with E-state index >= 15 is 0 Å². The van der Waals surface area contributed by atoms with Gasteiger partial charge in [0.1, 0.15) is 5.69 Å². The van der Waals surface area contributed by atoms with Crippen LogP contribution in [0.3, 0.4) is 0 Å². The highest BCUT2D eigenvalue weighted by molar-refractivity contribution is 7.20. The van der Waals surface area contributed by atoms with E-state index in [1.807, 2.05) is 55.5 Å². The molecule has 3 heterocycles. The predicted octanol–water partition coefficient (Wildman–Crippen LogP) is 4.65. The zero-order valence-corrected chi connectivity index (χ0v) is 15.4. The molecule has 0 aliphatic carbocycles. The van der Waals surface area contributed by atoms with Gasteiger partial charge in [0, 0.05) is 29.7 Å². The van der Waals surface area contributed by atoms with Gasteiger partial charge in [-0.05, 0) is 43.2 Å². The second-order valence-electron chi connectivity index (χ2n) is 5.99. The molecule has 130 valence electrons. The first-order valence-corrected chi connectivity index (χ1v) is 9.19. The molecule has 4 rings (SSSR count). The molecule has 0 aliphatic heterocycles. The van der Waals surface area contributed by atoms with E-state index in [0.717, 1.165) is 26.9 Å². The van der Waals surface area contributed by atoms with E-state index in [2.05, 4.69) is 27.1 Å². The number of nitrogens with zero attached hydrogens (tertiary/aromatic N) is 2. The molecule has 0 aliphatic rings. The van der Waals surface area contributed by atoms with Gasteiger partial charge in [-0.3, -0.25) is 9.78 Å². The van der Waals surface area contributed by atoms with Gasteiger partial charge < -0.3 is 5.32 Å². The van der Waals surface area contributed by atoms with E-state index in [9.17, 15) is 4.79 Å². The molecule has 5 heteroatoms. The number of benzene rings is 1. The Morgan fingerprint density at radius 2 is 1.93 bits per heavy atom. The Balaban J connectivity index is 1.63. The number of hydrogen-bond acceptors (Lipinski definition) is 4. The van der Waals surface area contributed by atoms with Crippen LogP contribution in [0.2, 0.25) is 0 Å². The first-order chi connectivity index (χ1) is 13.2. The summed E-state index contributed by atoms with van der Waals surface area (Å²) in [7, 11) is 0. The van der Waals surface area contributed by atoms with Gasteiger partial charge in [-0.25, -0.2) is 4.98 Å². The van der Waals surface area contributed by atoms with Crippen LogP contribution in [0.5, 0.6) is 0 Å². The molecule has 1 N–H and O–H groups in total. The maximum absolute atomic E-state index is 12.6. The molecule has 27 heavy (non-hydrogen) atoms. The summed E-state index contributed by atoms with van der Waals surface area (Å²) in [5.74, 6) is 6.02. The zero-order chi connectivity index (χ0) is 18.6. The topological polar surface area (TPSA) is 54.9 Å². The molecule has 0 fully saturated rings. The molecule has 0 atom stereocenters. The molecule has 0 saturated carbocycles. The monoisotopic (exact) mass is 369 g/mol. The van der Waals surface area contributed by atoms with Gasteiger partial charge in [0.25, 0.3) is 5.91 Å². The predicted molar refractivity (Wildman–Crippen MR) is 109 cm³/mol. The third-order valence-corrected chi connectivity index (χ3v) is 5.04. The van der Waals surface area contributed by atoms with Crippen molar-refractivity contribution in [3.63, 3.8) is 0 Å². The molecule has 1 aromatic carbocycles. The Labute approximate surface area is 160 Å². The summed E-state index contributed by atoms with van der Waals surface area (Å²) in [4.78, 5) is 21.7. The molecule has 1 amide bonds. The van der Waals surface area contributed by atoms with E-state index in [-0.39, 0.29) is 5.91 Å². The molecular formula is C22H15N3OS. The van der Waals surface area contributed by atoms with Crippen LogP contribution < -0.4 is 5.32 Å². The Hall–Kier alpha value is -3.49. The molecular weight excluding hydrogens is 354 g/mol. The van der Waals surface area contributed by atoms with Gasteiger partial charge in [-0.15, -0.1) is 11.3 Å². The molecule has 0 saturated heterocycles. The SMILES string of the molecule is Cc1ccc(NC(=O)c2cc3c(C#Cc4ccccn4)cncc3s2)cc1. The van der Waals surface area contributed by atoms with Crippen LogP contribution in [-0.4, -0.2) is 15.9 Å². The van der Waals surface area contributed by atoms with Crippen molar-refractivity contribution in [1.29, 1.82) is 0 Å². The first-order valence-electron chi connectivity index (χ1n) is 8.38. The van der Waals surface area contributed by atoms with Crippen LogP contribution >= 0.6 is 11.3 Å². The summed E-state index contributed by atoms with van der Waals surface area (Å²) in [6.07, 6.45) is 5.18. The van der Waals surface area contributed by atoms with Gasteiger partial charge in [0.05, 0.1) is 15.1 Å². The smallest absolute Gasteiger partial charge is 0.265 e. The van der Waals surface area contributed by atoms with Crippen molar-refractivity contribution in [2.75, 3.05) is 5.32 Å². The minimum Gasteiger partial charge on any atom is -0.321 e. The number of rotatable bonds is 2. The highest BCUT2D eigenvalue weighted by Crippen LogP contribution is 2.28. The minimum absolute atomic E-state index is 0.135. The third kappa shape index (κ3) is 3.86. The van der Waals surface area contributed by atoms with Crippen LogP contribution in [-0.2, 0) is 0 Å². The van der Waals surface area contributed by atoms with Crippen molar-refractivity contribution >= 4 is 33.0 Å². The number of carbonyl (C=O) groups is 1. The number of thiophene rings is 1. The van der Waals surface area contributed by atoms with Crippen molar-refractivity contribution in [1.82, 2.24) is 9.97 Å². The van der Waals surface area contributed by atoms with Crippen LogP contribution in [0.4, 0.5) is 5.69 Å². The van der Waals surface area contributed by atoms with Crippen LogP contribution in [0.25, 0.3) is 10.1 Å². The fourth-order valence-corrected chi connectivity index (χ4v) is 3.52. The number of aryl methyl sites for hydroxylation is 1. The average molecular weight is 369 g/mol. The van der Waals surface area contributed by atoms with Crippen molar-refractivity contribution in [3.05, 3.63) is 88.8 Å². The van der Waals surface area contributed by atoms with E-state index in [0.29, 0.717) is 10.6 Å². The normalized spacial score (nSPS) is 10.3. The Morgan fingerprint density at radius 1 is 1.07 bits per heavy atom. The van der Waals surface area contributed by atoms with Gasteiger partial charge in [0.2, 0.25) is 0 Å². The first kappa shape index (κ1) is 17.0. The molecule has 4 nitrogen and oxygen atoms in total. The Morgan fingerprint density at radius 3 is 2.70 bits per heavy atom. The maximum atomic E-state index is 12.6. The zero-order valence-electron chi connectivity index (χ0n) is 14.6. The van der Waals surface area contributed by atoms with Crippen LogP contribution in [0, 0.1) is 18.8 Å². The molecule has 4 aromatic rings. The average Bonchev–Trinajstić information content (AvgIpc) is 3.14. The Bertz CT molecular complexity index is 1170. The summed E-state index contributed by atoms with van der Waals surface area (Å²) < 4.78 is 0.928. The van der Waals surface area contributed by atoms with Gasteiger partial charge >= 0.3 is 0 Å². The lowest BCUT2D eigenvalue weighted by Crippen LogP contribution is -2.09. The molecule has 0 bridgehead atoms. The molecule has 0 radical (unpaired) electrons. The van der Waals surface area contributed by atoms with E-state index in [1.54, 1.807) is 18.6 Å². The quantitative estimate of drug-likeness (QED) is 0.523. The number of pyridine rings is 2. The summed E-state index contributed by atoms with van der Waals surface area (Å²) in [6, 6.07) is 15.2. The van der Waals surface area contributed by atoms with Crippen molar-refractivity contribution in [3.8, 4) is 11.8 Å². The largest absolute Gasteiger partial charge is 0.321 e. The van der Waals surface area contributed by atoms with Gasteiger partial charge in [-0.1, -0.05) is 29.7 Å². The minimum atomic E-state index is -0.135. The molecule has 0 spiro atoms. The third-order valence-electron chi connectivity index (χ3n) is 3.97. The lowest BCUT2D eigenvalue weighted by Gasteiger charge is -2.03. The number of nitrogens with one attached hydrogen (secondary N) is 1. The number of amides is 1. The van der Waals surface area contributed by atoms with Gasteiger partial charge in [0.15, 0.2) is 0 Å². The molecule has 0 unspecified atom stereocenters. The molecule has 3 aromatic heterocycles. The lowest BCUT2D eigenvalue weighted by molar-refractivity contribution is 0.103. The maximum Gasteiger partial charge on any atom is 0.265 e. The second kappa shape index (κ2) is 7.40. The van der Waals surface area contributed by atoms with E-state index in [1.165, 1.54) is 11.3 Å². The number of carbonyl (C=O) groups excluding carboxylic acids is 1. The van der Waals surface area contributed by atoms with Crippen molar-refractivity contribution < 1.29 is 4.79 Å². The summed E-state index contributed by atoms with van der Waals surface area (Å²) in [6.45, 7) is 2.01. The number of aromatic nitrogens is 2.